The van der Waals surface area contributed by atoms with Gasteiger partial charge in [-0.1, -0.05) is 0 Å². The second kappa shape index (κ2) is 5.30. The van der Waals surface area contributed by atoms with Gasteiger partial charge in [0, 0.05) is 16.0 Å². The minimum Gasteiger partial charge on any atom is -0.321 e. The predicted molar refractivity (Wildman–Crippen MR) is 75.3 cm³/mol. The van der Waals surface area contributed by atoms with Crippen LogP contribution in [0.15, 0.2) is 18.6 Å². The van der Waals surface area contributed by atoms with Gasteiger partial charge in [-0.25, -0.2) is 9.97 Å². The number of nitrogens with zero attached hydrogens (tertiary/aromatic N) is 5. The fraction of sp³-hybridized carbons (Fsp3) is 0.273. The number of halogens is 1. The molecule has 0 fully saturated rings. The third-order valence-electron chi connectivity index (χ3n) is 2.37. The average Bonchev–Trinajstić information content (AvgIpc) is 2.73. The Hall–Kier alpha value is -1.69. The van der Waals surface area contributed by atoms with Crippen LogP contribution in [0.1, 0.15) is 18.7 Å². The summed E-state index contributed by atoms with van der Waals surface area (Å²) in [6, 6.07) is 1.84. The Morgan fingerprint density at radius 1 is 1.44 bits per heavy atom. The number of anilines is 2. The lowest BCUT2D eigenvalue weighted by Crippen LogP contribution is -2.02. The topological polar surface area (TPSA) is 79.4 Å². The third-order valence-corrected chi connectivity index (χ3v) is 2.92. The molecule has 2 aromatic rings. The molecule has 0 aliphatic heterocycles. The van der Waals surface area contributed by atoms with E-state index in [1.54, 1.807) is 30.2 Å². The summed E-state index contributed by atoms with van der Waals surface area (Å²) in [5, 5.41) is 16.2. The van der Waals surface area contributed by atoms with E-state index in [1.807, 2.05) is 6.92 Å². The van der Waals surface area contributed by atoms with E-state index in [9.17, 15) is 0 Å². The van der Waals surface area contributed by atoms with Crippen molar-refractivity contribution < 1.29 is 0 Å². The van der Waals surface area contributed by atoms with Crippen molar-refractivity contribution in [3.8, 4) is 6.07 Å². The van der Waals surface area contributed by atoms with Crippen LogP contribution >= 0.6 is 22.6 Å². The van der Waals surface area contributed by atoms with E-state index in [4.69, 9.17) is 5.26 Å². The Balaban J connectivity index is 2.22. The van der Waals surface area contributed by atoms with Crippen LogP contribution in [-0.4, -0.2) is 19.7 Å². The number of nitriles is 1. The van der Waals surface area contributed by atoms with Crippen LogP contribution in [0.2, 0.25) is 0 Å². The number of rotatable bonds is 3. The van der Waals surface area contributed by atoms with Crippen LogP contribution in [0, 0.1) is 21.8 Å². The molecule has 0 spiro atoms. The summed E-state index contributed by atoms with van der Waals surface area (Å²) in [5.74, 6) is 0.516. The van der Waals surface area contributed by atoms with Gasteiger partial charge in [0.25, 0.3) is 0 Å². The first-order valence-corrected chi connectivity index (χ1v) is 6.38. The maximum Gasteiger partial charge on any atom is 0.227 e. The molecule has 18 heavy (non-hydrogen) atoms. The van der Waals surface area contributed by atoms with E-state index in [0.29, 0.717) is 5.95 Å². The molecule has 0 amide bonds. The summed E-state index contributed by atoms with van der Waals surface area (Å²) in [5.41, 5.74) is 1.61. The molecule has 7 heteroatoms. The van der Waals surface area contributed by atoms with Gasteiger partial charge in [0.15, 0.2) is 0 Å². The molecule has 6 nitrogen and oxygen atoms in total. The number of aromatic nitrogens is 4. The molecular weight excluding hydrogens is 343 g/mol. The molecular formula is C11H11IN6. The standard InChI is InChI=1S/C11H11IN6/c1-7(3-13)18-6-10(8(2)17-18)16-11-14-4-9(12)5-15-11/h4-7H,1-2H3,(H,14,15,16). The van der Waals surface area contributed by atoms with Crippen LogP contribution < -0.4 is 5.32 Å². The van der Waals surface area contributed by atoms with Gasteiger partial charge in [0.1, 0.15) is 6.04 Å². The molecule has 0 aliphatic rings. The van der Waals surface area contributed by atoms with Gasteiger partial charge in [-0.3, -0.25) is 4.68 Å². The number of hydrogen-bond donors (Lipinski definition) is 1. The number of aryl methyl sites for hydroxylation is 1. The summed E-state index contributed by atoms with van der Waals surface area (Å²) in [6.07, 6.45) is 5.24. The molecule has 2 aromatic heterocycles. The number of hydrogen-bond acceptors (Lipinski definition) is 5. The Morgan fingerprint density at radius 2 is 2.11 bits per heavy atom. The predicted octanol–water partition coefficient (Wildman–Crippen LogP) is 2.41. The van der Waals surface area contributed by atoms with Crippen LogP contribution in [-0.2, 0) is 0 Å². The highest BCUT2D eigenvalue weighted by Gasteiger charge is 2.10. The van der Waals surface area contributed by atoms with Crippen molar-refractivity contribution in [2.24, 2.45) is 0 Å². The zero-order valence-electron chi connectivity index (χ0n) is 9.92. The molecule has 2 rings (SSSR count). The molecule has 92 valence electrons. The Labute approximate surface area is 118 Å². The highest BCUT2D eigenvalue weighted by molar-refractivity contribution is 14.1. The molecule has 2 heterocycles. The largest absolute Gasteiger partial charge is 0.321 e. The van der Waals surface area contributed by atoms with Gasteiger partial charge in [0.05, 0.1) is 23.6 Å². The Morgan fingerprint density at radius 3 is 2.72 bits per heavy atom. The van der Waals surface area contributed by atoms with Crippen molar-refractivity contribution >= 4 is 34.2 Å². The lowest BCUT2D eigenvalue weighted by atomic mass is 10.4. The van der Waals surface area contributed by atoms with E-state index in [1.165, 1.54) is 0 Å². The fourth-order valence-corrected chi connectivity index (χ4v) is 1.64. The first kappa shape index (κ1) is 12.8. The minimum atomic E-state index is -0.295. The van der Waals surface area contributed by atoms with Crippen molar-refractivity contribution in [1.29, 1.82) is 5.26 Å². The highest BCUT2D eigenvalue weighted by Crippen LogP contribution is 2.18. The summed E-state index contributed by atoms with van der Waals surface area (Å²) in [6.45, 7) is 3.66. The van der Waals surface area contributed by atoms with Gasteiger partial charge in [-0.2, -0.15) is 10.4 Å². The van der Waals surface area contributed by atoms with Gasteiger partial charge in [-0.05, 0) is 36.4 Å². The molecule has 0 saturated heterocycles. The van der Waals surface area contributed by atoms with Gasteiger partial charge >= 0.3 is 0 Å². The van der Waals surface area contributed by atoms with Crippen molar-refractivity contribution in [3.63, 3.8) is 0 Å². The lowest BCUT2D eigenvalue weighted by molar-refractivity contribution is 0.586. The van der Waals surface area contributed by atoms with Crippen LogP contribution in [0.5, 0.6) is 0 Å². The van der Waals surface area contributed by atoms with Gasteiger partial charge in [0.2, 0.25) is 5.95 Å². The molecule has 0 aliphatic carbocycles. The lowest BCUT2D eigenvalue weighted by Gasteiger charge is -2.02. The quantitative estimate of drug-likeness (QED) is 0.857. The normalized spacial score (nSPS) is 11.9. The van der Waals surface area contributed by atoms with E-state index >= 15 is 0 Å². The second-order valence-electron chi connectivity index (χ2n) is 3.76. The van der Waals surface area contributed by atoms with E-state index in [-0.39, 0.29) is 6.04 Å². The van der Waals surface area contributed by atoms with Crippen molar-refractivity contribution in [2.75, 3.05) is 5.32 Å². The molecule has 1 atom stereocenters. The maximum absolute atomic E-state index is 8.85. The molecule has 0 saturated carbocycles. The molecule has 1 N–H and O–H groups in total. The fourth-order valence-electron chi connectivity index (χ4n) is 1.36. The minimum absolute atomic E-state index is 0.295. The summed E-state index contributed by atoms with van der Waals surface area (Å²) in [7, 11) is 0. The molecule has 1 unspecified atom stereocenters. The van der Waals surface area contributed by atoms with Crippen molar-refractivity contribution in [2.45, 2.75) is 19.9 Å². The first-order chi connectivity index (χ1) is 8.60. The van der Waals surface area contributed by atoms with Gasteiger partial charge in [-0.15, -0.1) is 0 Å². The zero-order chi connectivity index (χ0) is 13.1. The van der Waals surface area contributed by atoms with Crippen LogP contribution in [0.25, 0.3) is 0 Å². The SMILES string of the molecule is Cc1nn(C(C)C#N)cc1Nc1ncc(I)cn1. The first-order valence-electron chi connectivity index (χ1n) is 5.30. The maximum atomic E-state index is 8.85. The van der Waals surface area contributed by atoms with E-state index in [0.717, 1.165) is 15.0 Å². The Bertz CT molecular complexity index is 583. The van der Waals surface area contributed by atoms with Crippen molar-refractivity contribution in [3.05, 3.63) is 27.9 Å². The average molecular weight is 354 g/mol. The van der Waals surface area contributed by atoms with E-state index < -0.39 is 0 Å². The highest BCUT2D eigenvalue weighted by atomic mass is 127. The zero-order valence-corrected chi connectivity index (χ0v) is 12.1. The van der Waals surface area contributed by atoms with E-state index in [2.05, 4.69) is 49.0 Å². The second-order valence-corrected chi connectivity index (χ2v) is 5.01. The molecule has 0 aromatic carbocycles. The Kier molecular flexibility index (Phi) is 3.76. The summed E-state index contributed by atoms with van der Waals surface area (Å²) in [4.78, 5) is 8.31. The molecule has 0 radical (unpaired) electrons. The molecule has 0 bridgehead atoms. The van der Waals surface area contributed by atoms with Crippen molar-refractivity contribution in [1.82, 2.24) is 19.7 Å². The summed E-state index contributed by atoms with van der Waals surface area (Å²) < 4.78 is 2.59. The summed E-state index contributed by atoms with van der Waals surface area (Å²) >= 11 is 2.15. The van der Waals surface area contributed by atoms with Crippen LogP contribution in [0.3, 0.4) is 0 Å². The van der Waals surface area contributed by atoms with Gasteiger partial charge < -0.3 is 5.32 Å². The smallest absolute Gasteiger partial charge is 0.227 e. The monoisotopic (exact) mass is 354 g/mol. The van der Waals surface area contributed by atoms with Crippen LogP contribution in [0.4, 0.5) is 11.6 Å². The third kappa shape index (κ3) is 2.76. The number of nitrogens with one attached hydrogen (secondary N) is 1.